The van der Waals surface area contributed by atoms with E-state index in [-0.39, 0.29) is 0 Å². The Kier molecular flexibility index (Phi) is 5.28. The van der Waals surface area contributed by atoms with Crippen LogP contribution in [0, 0.1) is 0 Å². The predicted molar refractivity (Wildman–Crippen MR) is 72.2 cm³/mol. The number of hydrogen-bond donors (Lipinski definition) is 1. The van der Waals surface area contributed by atoms with E-state index >= 15 is 0 Å². The molecule has 0 heterocycles. The first-order chi connectivity index (χ1) is 6.99. The summed E-state index contributed by atoms with van der Waals surface area (Å²) >= 11 is 7.08. The molecule has 0 aliphatic heterocycles. The number of thiocarbonyl (C=S) groups is 1. The average molecular weight is 283 g/mol. The molecule has 0 aliphatic carbocycles. The van der Waals surface area contributed by atoms with E-state index in [4.69, 9.17) is 22.4 Å². The van der Waals surface area contributed by atoms with Gasteiger partial charge in [0.25, 0.3) is 0 Å². The minimum Gasteiger partial charge on any atom is -0.564 e. The van der Waals surface area contributed by atoms with Gasteiger partial charge in [0.2, 0.25) is 0 Å². The molecule has 0 aliphatic rings. The molecule has 0 aromatic carbocycles. The molecule has 0 saturated heterocycles. The molecule has 0 aromatic heterocycles. The third-order valence-corrected chi connectivity index (χ3v) is 4.45. The normalized spacial score (nSPS) is 12.2. The summed E-state index contributed by atoms with van der Waals surface area (Å²) in [5, 5.41) is 15.9. The molecule has 3 N–H and O–H groups in total. The summed E-state index contributed by atoms with van der Waals surface area (Å²) in [6.07, 6.45) is 0. The average Bonchev–Trinajstić information content (AvgIpc) is 2.00. The van der Waals surface area contributed by atoms with Gasteiger partial charge in [-0.15, -0.1) is 0 Å². The van der Waals surface area contributed by atoms with E-state index in [0.29, 0.717) is 3.53 Å². The summed E-state index contributed by atoms with van der Waals surface area (Å²) in [4.78, 5) is 21.8. The highest BCUT2D eigenvalue weighted by molar-refractivity contribution is 8.48. The van der Waals surface area contributed by atoms with Gasteiger partial charge in [0.1, 0.15) is 8.28 Å². The van der Waals surface area contributed by atoms with Gasteiger partial charge in [0.05, 0.1) is 0 Å². The number of aliphatic carboxylic acids is 1. The molecule has 0 saturated carbocycles. The molecule has 0 rings (SSSR count). The molecular weight excluding hydrogens is 268 g/mol. The van der Waals surface area contributed by atoms with Crippen LogP contribution in [0.5, 0.6) is 0 Å². The van der Waals surface area contributed by atoms with Gasteiger partial charge >= 0.3 is 11.9 Å². The Balaban J connectivity index is 4.52. The second kappa shape index (κ2) is 5.37. The van der Waals surface area contributed by atoms with Crippen molar-refractivity contribution in [1.82, 2.24) is 0 Å². The van der Waals surface area contributed by atoms with Crippen molar-refractivity contribution in [1.29, 1.82) is 0 Å². The maximum atomic E-state index is 11.0. The molecule has 0 atom stereocenters. The molecule has 0 radical (unpaired) electrons. The summed E-state index contributed by atoms with van der Waals surface area (Å²) < 4.78 is -1.60. The van der Waals surface area contributed by atoms with E-state index in [1.54, 1.807) is 27.7 Å². The summed E-state index contributed by atoms with van der Waals surface area (Å²) in [6, 6.07) is 0. The van der Waals surface area contributed by atoms with Gasteiger partial charge in [-0.3, -0.25) is 4.79 Å². The first-order valence-corrected chi connectivity index (χ1v) is 6.44. The Morgan fingerprint density at radius 3 is 1.81 bits per heavy atom. The monoisotopic (exact) mass is 283 g/mol. The fourth-order valence-corrected chi connectivity index (χ4v) is 4.21. The van der Waals surface area contributed by atoms with Crippen LogP contribution in [0.15, 0.2) is 0 Å². The van der Waals surface area contributed by atoms with Crippen LogP contribution in [-0.2, 0) is 9.59 Å². The molecule has 7 heteroatoms. The van der Waals surface area contributed by atoms with Gasteiger partial charge in [0.15, 0.2) is 4.75 Å². The molecule has 0 amide bonds. The lowest BCUT2D eigenvalue weighted by molar-refractivity contribution is -0.139. The summed E-state index contributed by atoms with van der Waals surface area (Å²) in [7, 11) is 0. The summed E-state index contributed by atoms with van der Waals surface area (Å²) in [5.74, 6) is -1.69. The fraction of sp³-hybridized carbons (Fsp3) is 0.667. The van der Waals surface area contributed by atoms with Crippen molar-refractivity contribution < 1.29 is 19.8 Å². The zero-order chi connectivity index (χ0) is 13.1. The number of carboxylic acids is 1. The van der Waals surface area contributed by atoms with Crippen LogP contribution in [0.25, 0.3) is 0 Å². The Hall–Kier alpha value is -0.270. The molecule has 0 fully saturated rings. The molecule has 0 spiro atoms. The van der Waals surface area contributed by atoms with Crippen LogP contribution >= 0.6 is 35.7 Å². The predicted octanol–water partition coefficient (Wildman–Crippen LogP) is 1.63. The van der Waals surface area contributed by atoms with Gasteiger partial charge in [-0.2, -0.15) is 0 Å². The molecular formula is C9H15O4S3+. The zero-order valence-corrected chi connectivity index (χ0v) is 11.9. The number of carboxylic acid groups (broad SMARTS) is 1. The van der Waals surface area contributed by atoms with Gasteiger partial charge in [-0.05, 0) is 27.7 Å². The largest absolute Gasteiger partial charge is 0.564 e. The highest BCUT2D eigenvalue weighted by atomic mass is 32.2. The SMILES string of the molecule is CC(C)(SC(=S)SC(C)(C)C(=O)[OH2+])C(=O)O. The number of rotatable bonds is 4. The lowest BCUT2D eigenvalue weighted by Crippen LogP contribution is -2.31. The van der Waals surface area contributed by atoms with Crippen LogP contribution in [-0.4, -0.2) is 35.2 Å². The Labute approximate surface area is 108 Å². The third kappa shape index (κ3) is 4.71. The van der Waals surface area contributed by atoms with Gasteiger partial charge < -0.3 is 10.2 Å². The lowest BCUT2D eigenvalue weighted by Gasteiger charge is -2.21. The standard InChI is InChI=1S/C9H14O4S3/c1-8(2,5(10)11)15-7(14)16-9(3,4)6(12)13/h1-4H3,(H,10,11)(H,12,13)/p+1. The third-order valence-electron chi connectivity index (χ3n) is 1.74. The molecule has 4 nitrogen and oxygen atoms in total. The van der Waals surface area contributed by atoms with E-state index in [9.17, 15) is 9.59 Å². The van der Waals surface area contributed by atoms with E-state index < -0.39 is 21.4 Å². The van der Waals surface area contributed by atoms with E-state index in [2.05, 4.69) is 0 Å². The number of thioether (sulfide) groups is 2. The first kappa shape index (κ1) is 15.7. The molecule has 92 valence electrons. The maximum absolute atomic E-state index is 11.0. The van der Waals surface area contributed by atoms with Crippen molar-refractivity contribution in [3.63, 3.8) is 0 Å². The number of hydrogen-bond acceptors (Lipinski definition) is 5. The van der Waals surface area contributed by atoms with Crippen LogP contribution in [0.4, 0.5) is 0 Å². The van der Waals surface area contributed by atoms with Crippen LogP contribution in [0.2, 0.25) is 0 Å². The molecule has 0 bridgehead atoms. The van der Waals surface area contributed by atoms with Crippen LogP contribution in [0.1, 0.15) is 27.7 Å². The van der Waals surface area contributed by atoms with Crippen molar-refractivity contribution in [2.24, 2.45) is 0 Å². The highest BCUT2D eigenvalue weighted by Crippen LogP contribution is 2.36. The van der Waals surface area contributed by atoms with Crippen molar-refractivity contribution in [2.45, 2.75) is 37.2 Å². The Morgan fingerprint density at radius 2 is 1.50 bits per heavy atom. The topological polar surface area (TPSA) is 77.3 Å². The molecule has 16 heavy (non-hydrogen) atoms. The first-order valence-electron chi connectivity index (χ1n) is 4.40. The van der Waals surface area contributed by atoms with Crippen molar-refractivity contribution >= 4 is 51.2 Å². The van der Waals surface area contributed by atoms with E-state index in [0.717, 1.165) is 23.5 Å². The van der Waals surface area contributed by atoms with Crippen molar-refractivity contribution in [3.8, 4) is 0 Å². The maximum Gasteiger partial charge on any atom is 0.532 e. The fourth-order valence-electron chi connectivity index (χ4n) is 0.528. The minimum atomic E-state index is -1.02. The summed E-state index contributed by atoms with van der Waals surface area (Å²) in [6.45, 7) is 6.27. The van der Waals surface area contributed by atoms with E-state index in [1.807, 2.05) is 0 Å². The van der Waals surface area contributed by atoms with Crippen molar-refractivity contribution in [3.05, 3.63) is 0 Å². The number of carbonyl (C=O) groups excluding carboxylic acids is 1. The second-order valence-corrected chi connectivity index (χ2v) is 8.56. The summed E-state index contributed by atoms with van der Waals surface area (Å²) in [5.41, 5.74) is 0. The number of carbonyl (C=O) groups is 2. The van der Waals surface area contributed by atoms with Crippen molar-refractivity contribution in [2.75, 3.05) is 0 Å². The van der Waals surface area contributed by atoms with Gasteiger partial charge in [0, 0.05) is 4.79 Å². The zero-order valence-electron chi connectivity index (χ0n) is 9.49. The van der Waals surface area contributed by atoms with E-state index in [1.165, 1.54) is 0 Å². The highest BCUT2D eigenvalue weighted by Gasteiger charge is 2.39. The Bertz CT molecular complexity index is 293. The van der Waals surface area contributed by atoms with Crippen LogP contribution in [0.3, 0.4) is 0 Å². The van der Waals surface area contributed by atoms with Gasteiger partial charge in [-0.25, -0.2) is 0 Å². The quantitative estimate of drug-likeness (QED) is 0.624. The lowest BCUT2D eigenvalue weighted by atomic mass is 10.2. The second-order valence-electron chi connectivity index (χ2n) is 4.11. The Morgan fingerprint density at radius 1 is 1.12 bits per heavy atom. The van der Waals surface area contributed by atoms with Gasteiger partial charge in [-0.1, -0.05) is 35.7 Å². The minimum absolute atomic E-state index is 0.359. The van der Waals surface area contributed by atoms with Crippen LogP contribution < -0.4 is 0 Å². The molecule has 0 aromatic rings. The smallest absolute Gasteiger partial charge is 0.532 e. The molecule has 0 unspecified atom stereocenters.